The first-order chi connectivity index (χ1) is 8.07. The van der Waals surface area contributed by atoms with Crippen LogP contribution in [0.3, 0.4) is 0 Å². The molecule has 3 heteroatoms. The van der Waals surface area contributed by atoms with Crippen LogP contribution in [0.15, 0.2) is 24.3 Å². The second-order valence-corrected chi connectivity index (χ2v) is 5.27. The molecule has 1 unspecified atom stereocenters. The number of nitrogens with one attached hydrogen (secondary N) is 1. The minimum absolute atomic E-state index is 0.0825. The molecule has 2 rings (SSSR count). The highest BCUT2D eigenvalue weighted by Crippen LogP contribution is 2.17. The van der Waals surface area contributed by atoms with Gasteiger partial charge in [-0.05, 0) is 32.4 Å². The van der Waals surface area contributed by atoms with Crippen LogP contribution in [0.1, 0.15) is 19.4 Å². The van der Waals surface area contributed by atoms with Gasteiger partial charge in [0.05, 0.1) is 6.61 Å². The third-order valence-electron chi connectivity index (χ3n) is 3.01. The summed E-state index contributed by atoms with van der Waals surface area (Å²) >= 11 is 0. The number of hydrogen-bond donors (Lipinski definition) is 1. The molecule has 3 nitrogen and oxygen atoms in total. The molecule has 1 atom stereocenters. The minimum Gasteiger partial charge on any atom is -0.491 e. The predicted octanol–water partition coefficient (Wildman–Crippen LogP) is 2.14. The van der Waals surface area contributed by atoms with Gasteiger partial charge in [-0.3, -0.25) is 0 Å². The van der Waals surface area contributed by atoms with Gasteiger partial charge in [0.1, 0.15) is 18.5 Å². The average molecular weight is 235 g/mol. The Kier molecular flexibility index (Phi) is 3.69. The van der Waals surface area contributed by atoms with E-state index in [9.17, 15) is 0 Å². The Bertz CT molecular complexity index is 366. The molecule has 17 heavy (non-hydrogen) atoms. The summed E-state index contributed by atoms with van der Waals surface area (Å²) in [6.07, 6.45) is 0.141. The Balaban J connectivity index is 1.82. The van der Waals surface area contributed by atoms with Crippen LogP contribution < -0.4 is 10.1 Å². The van der Waals surface area contributed by atoms with Gasteiger partial charge in [-0.2, -0.15) is 0 Å². The number of hydrogen-bond acceptors (Lipinski definition) is 3. The number of ether oxygens (including phenoxy) is 2. The van der Waals surface area contributed by atoms with E-state index in [0.717, 1.165) is 24.5 Å². The number of rotatable bonds is 3. The van der Waals surface area contributed by atoms with Gasteiger partial charge in [0.2, 0.25) is 0 Å². The first-order valence-electron chi connectivity index (χ1n) is 6.12. The van der Waals surface area contributed by atoms with Gasteiger partial charge in [-0.25, -0.2) is 0 Å². The molecule has 0 amide bonds. The fourth-order valence-electron chi connectivity index (χ4n) is 1.83. The molecule has 94 valence electrons. The Morgan fingerprint density at radius 2 is 2.18 bits per heavy atom. The summed E-state index contributed by atoms with van der Waals surface area (Å²) in [6, 6.07) is 8.06. The molecule has 1 aliphatic rings. The van der Waals surface area contributed by atoms with Gasteiger partial charge in [-0.1, -0.05) is 18.2 Å². The number of aryl methyl sites for hydroxylation is 1. The first kappa shape index (κ1) is 12.4. The monoisotopic (exact) mass is 235 g/mol. The first-order valence-corrected chi connectivity index (χ1v) is 6.12. The molecule has 1 N–H and O–H groups in total. The molecule has 1 saturated heterocycles. The van der Waals surface area contributed by atoms with Crippen molar-refractivity contribution in [2.24, 2.45) is 0 Å². The van der Waals surface area contributed by atoms with Gasteiger partial charge in [-0.15, -0.1) is 0 Å². The molecule has 1 fully saturated rings. The van der Waals surface area contributed by atoms with Crippen LogP contribution in [-0.2, 0) is 4.74 Å². The third-order valence-corrected chi connectivity index (χ3v) is 3.01. The highest BCUT2D eigenvalue weighted by molar-refractivity contribution is 5.31. The van der Waals surface area contributed by atoms with Crippen molar-refractivity contribution in [3.8, 4) is 5.75 Å². The summed E-state index contributed by atoms with van der Waals surface area (Å²) in [7, 11) is 0. The van der Waals surface area contributed by atoms with Crippen LogP contribution in [-0.4, -0.2) is 31.4 Å². The van der Waals surface area contributed by atoms with Crippen LogP contribution in [0.2, 0.25) is 0 Å². The summed E-state index contributed by atoms with van der Waals surface area (Å²) in [5.41, 5.74) is 1.25. The lowest BCUT2D eigenvalue weighted by Crippen LogP contribution is -2.54. The topological polar surface area (TPSA) is 30.5 Å². The van der Waals surface area contributed by atoms with Crippen LogP contribution in [0.5, 0.6) is 5.75 Å². The van der Waals surface area contributed by atoms with Crippen LogP contribution in [0.4, 0.5) is 0 Å². The summed E-state index contributed by atoms with van der Waals surface area (Å²) in [6.45, 7) is 8.52. The van der Waals surface area contributed by atoms with Gasteiger partial charge in [0.15, 0.2) is 0 Å². The molecule has 0 bridgehead atoms. The van der Waals surface area contributed by atoms with E-state index in [1.165, 1.54) is 0 Å². The summed E-state index contributed by atoms with van der Waals surface area (Å²) in [5, 5.41) is 3.45. The lowest BCUT2D eigenvalue weighted by molar-refractivity contribution is -0.0412. The van der Waals surface area contributed by atoms with Crippen molar-refractivity contribution < 1.29 is 9.47 Å². The average Bonchev–Trinajstić information content (AvgIpc) is 2.30. The second-order valence-electron chi connectivity index (χ2n) is 5.27. The minimum atomic E-state index is 0.0825. The fraction of sp³-hybridized carbons (Fsp3) is 0.571. The van der Waals surface area contributed by atoms with Crippen molar-refractivity contribution in [3.63, 3.8) is 0 Å². The van der Waals surface area contributed by atoms with Crippen molar-refractivity contribution in [1.82, 2.24) is 5.32 Å². The van der Waals surface area contributed by atoms with E-state index in [4.69, 9.17) is 9.47 Å². The maximum atomic E-state index is 5.78. The summed E-state index contributed by atoms with van der Waals surface area (Å²) in [5.74, 6) is 0.945. The Hall–Kier alpha value is -1.06. The highest BCUT2D eigenvalue weighted by atomic mass is 16.5. The largest absolute Gasteiger partial charge is 0.491 e. The smallest absolute Gasteiger partial charge is 0.122 e. The molecule has 1 aliphatic heterocycles. The Labute approximate surface area is 103 Å². The molecule has 1 aromatic rings. The van der Waals surface area contributed by atoms with E-state index < -0.39 is 0 Å². The van der Waals surface area contributed by atoms with Crippen LogP contribution in [0.25, 0.3) is 0 Å². The predicted molar refractivity (Wildman–Crippen MR) is 68.5 cm³/mol. The quantitative estimate of drug-likeness (QED) is 0.870. The van der Waals surface area contributed by atoms with Crippen LogP contribution >= 0.6 is 0 Å². The summed E-state index contributed by atoms with van der Waals surface area (Å²) in [4.78, 5) is 0. The molecule has 0 saturated carbocycles. The molecule has 1 aromatic carbocycles. The second kappa shape index (κ2) is 5.07. The molecular formula is C14H21NO2. The maximum absolute atomic E-state index is 5.78. The van der Waals surface area contributed by atoms with E-state index in [0.29, 0.717) is 6.61 Å². The highest BCUT2D eigenvalue weighted by Gasteiger charge is 2.26. The molecule has 1 heterocycles. The molecule has 0 radical (unpaired) electrons. The lowest BCUT2D eigenvalue weighted by Gasteiger charge is -2.35. The van der Waals surface area contributed by atoms with Gasteiger partial charge < -0.3 is 14.8 Å². The van der Waals surface area contributed by atoms with Gasteiger partial charge >= 0.3 is 0 Å². The zero-order valence-electron chi connectivity index (χ0n) is 10.8. The maximum Gasteiger partial charge on any atom is 0.122 e. The normalized spacial score (nSPS) is 23.4. The lowest BCUT2D eigenvalue weighted by atomic mass is 10.1. The number of morpholine rings is 1. The van der Waals surface area contributed by atoms with Crippen molar-refractivity contribution in [2.45, 2.75) is 32.4 Å². The molecule has 0 spiro atoms. The van der Waals surface area contributed by atoms with Crippen molar-refractivity contribution >= 4 is 0 Å². The zero-order valence-corrected chi connectivity index (χ0v) is 10.8. The molecule has 0 aliphatic carbocycles. The fourth-order valence-corrected chi connectivity index (χ4v) is 1.83. The van der Waals surface area contributed by atoms with Crippen molar-refractivity contribution in [1.29, 1.82) is 0 Å². The van der Waals surface area contributed by atoms with E-state index in [2.05, 4.69) is 32.2 Å². The van der Waals surface area contributed by atoms with E-state index in [1.54, 1.807) is 0 Å². The van der Waals surface area contributed by atoms with Gasteiger partial charge in [0.25, 0.3) is 0 Å². The van der Waals surface area contributed by atoms with E-state index in [1.807, 2.05) is 18.2 Å². The zero-order chi connectivity index (χ0) is 12.3. The van der Waals surface area contributed by atoms with E-state index >= 15 is 0 Å². The Morgan fingerprint density at radius 3 is 2.82 bits per heavy atom. The molecule has 0 aromatic heterocycles. The number of para-hydroxylation sites is 1. The van der Waals surface area contributed by atoms with Crippen molar-refractivity contribution in [3.05, 3.63) is 29.8 Å². The SMILES string of the molecule is Cc1ccccc1OCC1CNC(C)(C)CO1. The summed E-state index contributed by atoms with van der Waals surface area (Å²) < 4.78 is 11.5. The van der Waals surface area contributed by atoms with Crippen molar-refractivity contribution in [2.75, 3.05) is 19.8 Å². The number of benzene rings is 1. The standard InChI is InChI=1S/C14H21NO2/c1-11-6-4-5-7-13(11)16-9-12-8-15-14(2,3)10-17-12/h4-7,12,15H,8-10H2,1-3H3. The van der Waals surface area contributed by atoms with Crippen LogP contribution in [0, 0.1) is 6.92 Å². The third kappa shape index (κ3) is 3.45. The van der Waals surface area contributed by atoms with Gasteiger partial charge in [0, 0.05) is 12.1 Å². The van der Waals surface area contributed by atoms with E-state index in [-0.39, 0.29) is 11.6 Å². The molecular weight excluding hydrogens is 214 g/mol. The Morgan fingerprint density at radius 1 is 1.41 bits per heavy atom.